The minimum atomic E-state index is -2.77. The maximum Gasteiger partial charge on any atom is 0.183 e. The average molecular weight is 387 g/mol. The van der Waals surface area contributed by atoms with Crippen LogP contribution in [0.2, 0.25) is 0 Å². The van der Waals surface area contributed by atoms with Crippen LogP contribution in [0.5, 0.6) is 0 Å². The van der Waals surface area contributed by atoms with Crippen LogP contribution in [0.15, 0.2) is 19.6 Å². The van der Waals surface area contributed by atoms with Gasteiger partial charge in [0.1, 0.15) is 5.76 Å². The number of halogens is 2. The highest BCUT2D eigenvalue weighted by molar-refractivity contribution is 9.13. The molecule has 0 bridgehead atoms. The molecule has 4 nitrogen and oxygen atoms in total. The lowest BCUT2D eigenvalue weighted by molar-refractivity contribution is 0.444. The molecule has 7 heteroatoms. The standard InChI is InChI=1S/C10H13Br2NO3S/c11-9-3-8(16-10(9)12)5-13-4-7-1-2-17(14,15)6-7/h3,7,13H,1-2,4-6H2. The fraction of sp³-hybridized carbons (Fsp3) is 0.600. The second kappa shape index (κ2) is 5.42. The second-order valence-electron chi connectivity index (χ2n) is 4.23. The Morgan fingerprint density at radius 2 is 2.24 bits per heavy atom. The molecule has 0 saturated carbocycles. The van der Waals surface area contributed by atoms with Crippen molar-refractivity contribution in [3.8, 4) is 0 Å². The van der Waals surface area contributed by atoms with Gasteiger partial charge in [-0.25, -0.2) is 8.42 Å². The van der Waals surface area contributed by atoms with Gasteiger partial charge in [0.2, 0.25) is 0 Å². The summed E-state index contributed by atoms with van der Waals surface area (Å²) in [4.78, 5) is 0. The highest BCUT2D eigenvalue weighted by Gasteiger charge is 2.27. The van der Waals surface area contributed by atoms with E-state index in [2.05, 4.69) is 37.2 Å². The molecule has 1 aliphatic heterocycles. The van der Waals surface area contributed by atoms with Crippen molar-refractivity contribution >= 4 is 41.7 Å². The monoisotopic (exact) mass is 385 g/mol. The Balaban J connectivity index is 1.77. The van der Waals surface area contributed by atoms with Crippen LogP contribution in [0.1, 0.15) is 12.2 Å². The minimum Gasteiger partial charge on any atom is -0.452 e. The average Bonchev–Trinajstić information content (AvgIpc) is 2.72. The van der Waals surface area contributed by atoms with E-state index in [1.807, 2.05) is 6.07 Å². The van der Waals surface area contributed by atoms with Gasteiger partial charge in [0.25, 0.3) is 0 Å². The SMILES string of the molecule is O=S1(=O)CCC(CNCc2cc(Br)c(Br)o2)C1. The number of hydrogen-bond donors (Lipinski definition) is 1. The van der Waals surface area contributed by atoms with Crippen LogP contribution < -0.4 is 5.32 Å². The van der Waals surface area contributed by atoms with Gasteiger partial charge in [-0.1, -0.05) is 0 Å². The van der Waals surface area contributed by atoms with E-state index in [1.54, 1.807) is 0 Å². The van der Waals surface area contributed by atoms with Crippen molar-refractivity contribution in [1.82, 2.24) is 5.32 Å². The van der Waals surface area contributed by atoms with Gasteiger partial charge in [-0.3, -0.25) is 0 Å². The molecule has 0 radical (unpaired) electrons. The van der Waals surface area contributed by atoms with Crippen LogP contribution >= 0.6 is 31.9 Å². The molecule has 1 aromatic heterocycles. The molecule has 1 N–H and O–H groups in total. The largest absolute Gasteiger partial charge is 0.452 e. The van der Waals surface area contributed by atoms with Crippen molar-refractivity contribution in [3.63, 3.8) is 0 Å². The summed E-state index contributed by atoms with van der Waals surface area (Å²) in [7, 11) is -2.77. The minimum absolute atomic E-state index is 0.238. The summed E-state index contributed by atoms with van der Waals surface area (Å²) < 4.78 is 29.5. The number of sulfone groups is 1. The summed E-state index contributed by atoms with van der Waals surface area (Å²) >= 11 is 6.61. The molecule has 2 heterocycles. The third-order valence-corrected chi connectivity index (χ3v) is 6.30. The van der Waals surface area contributed by atoms with Crippen molar-refractivity contribution in [3.05, 3.63) is 21.0 Å². The fourth-order valence-corrected chi connectivity index (χ4v) is 4.43. The summed E-state index contributed by atoms with van der Waals surface area (Å²) in [6, 6.07) is 1.89. The fourth-order valence-electron chi connectivity index (χ4n) is 1.91. The van der Waals surface area contributed by atoms with E-state index >= 15 is 0 Å². The maximum absolute atomic E-state index is 11.3. The Morgan fingerprint density at radius 3 is 2.76 bits per heavy atom. The lowest BCUT2D eigenvalue weighted by atomic mass is 10.1. The van der Waals surface area contributed by atoms with Gasteiger partial charge in [-0.05, 0) is 56.8 Å². The van der Waals surface area contributed by atoms with E-state index in [-0.39, 0.29) is 5.92 Å². The Kier molecular flexibility index (Phi) is 4.33. The molecule has 1 fully saturated rings. The Bertz CT molecular complexity index is 478. The van der Waals surface area contributed by atoms with Crippen LogP contribution in [0.25, 0.3) is 0 Å². The van der Waals surface area contributed by atoms with Crippen molar-refractivity contribution in [2.75, 3.05) is 18.1 Å². The highest BCUT2D eigenvalue weighted by Crippen LogP contribution is 2.26. The van der Waals surface area contributed by atoms with Gasteiger partial charge in [0, 0.05) is 0 Å². The van der Waals surface area contributed by atoms with Crippen LogP contribution in [0, 0.1) is 5.92 Å². The molecular formula is C10H13Br2NO3S. The van der Waals surface area contributed by atoms with Gasteiger partial charge in [-0.15, -0.1) is 0 Å². The second-order valence-corrected chi connectivity index (χ2v) is 8.04. The van der Waals surface area contributed by atoms with Crippen molar-refractivity contribution in [1.29, 1.82) is 0 Å². The molecule has 1 aliphatic rings. The Labute approximate surface area is 117 Å². The van der Waals surface area contributed by atoms with E-state index in [0.29, 0.717) is 22.7 Å². The molecule has 0 amide bonds. The van der Waals surface area contributed by atoms with E-state index in [1.165, 1.54) is 0 Å². The molecule has 2 rings (SSSR count). The lowest BCUT2D eigenvalue weighted by Gasteiger charge is -2.07. The Hall–Kier alpha value is 0.150. The molecule has 1 unspecified atom stereocenters. The van der Waals surface area contributed by atoms with Crippen molar-refractivity contribution in [2.24, 2.45) is 5.92 Å². The summed E-state index contributed by atoms with van der Waals surface area (Å²) in [6.45, 7) is 1.33. The van der Waals surface area contributed by atoms with Crippen LogP contribution in [-0.4, -0.2) is 26.5 Å². The number of hydrogen-bond acceptors (Lipinski definition) is 4. The summed E-state index contributed by atoms with van der Waals surface area (Å²) in [6.07, 6.45) is 0.765. The molecule has 0 aliphatic carbocycles. The molecule has 1 atom stereocenters. The number of nitrogens with one attached hydrogen (secondary N) is 1. The number of rotatable bonds is 4. The summed E-state index contributed by atoms with van der Waals surface area (Å²) in [5.41, 5.74) is 0. The normalized spacial score (nSPS) is 23.1. The third-order valence-electron chi connectivity index (χ3n) is 2.76. The van der Waals surface area contributed by atoms with Crippen molar-refractivity contribution in [2.45, 2.75) is 13.0 Å². The first-order chi connectivity index (χ1) is 7.96. The number of furan rings is 1. The molecule has 1 saturated heterocycles. The van der Waals surface area contributed by atoms with E-state index in [0.717, 1.165) is 23.2 Å². The molecule has 96 valence electrons. The maximum atomic E-state index is 11.3. The van der Waals surface area contributed by atoms with Gasteiger partial charge < -0.3 is 9.73 Å². The van der Waals surface area contributed by atoms with E-state index < -0.39 is 9.84 Å². The van der Waals surface area contributed by atoms with Crippen molar-refractivity contribution < 1.29 is 12.8 Å². The van der Waals surface area contributed by atoms with Crippen LogP contribution in [-0.2, 0) is 16.4 Å². The zero-order valence-corrected chi connectivity index (χ0v) is 13.1. The highest BCUT2D eigenvalue weighted by atomic mass is 79.9. The zero-order valence-electron chi connectivity index (χ0n) is 9.08. The first-order valence-electron chi connectivity index (χ1n) is 5.31. The van der Waals surface area contributed by atoms with Gasteiger partial charge in [0.15, 0.2) is 14.5 Å². The quantitative estimate of drug-likeness (QED) is 0.862. The zero-order chi connectivity index (χ0) is 12.5. The first-order valence-corrected chi connectivity index (χ1v) is 8.72. The predicted octanol–water partition coefficient (Wildman–Crippen LogP) is 2.33. The molecular weight excluding hydrogens is 374 g/mol. The first kappa shape index (κ1) is 13.6. The smallest absolute Gasteiger partial charge is 0.183 e. The van der Waals surface area contributed by atoms with Crippen LogP contribution in [0.3, 0.4) is 0 Å². The van der Waals surface area contributed by atoms with E-state index in [9.17, 15) is 8.42 Å². The Morgan fingerprint density at radius 1 is 1.47 bits per heavy atom. The summed E-state index contributed by atoms with van der Waals surface area (Å²) in [5.74, 6) is 1.70. The molecule has 1 aromatic rings. The molecule has 0 aromatic carbocycles. The lowest BCUT2D eigenvalue weighted by Crippen LogP contribution is -2.23. The molecule has 17 heavy (non-hydrogen) atoms. The van der Waals surface area contributed by atoms with Gasteiger partial charge in [-0.2, -0.15) is 0 Å². The topological polar surface area (TPSA) is 59.3 Å². The van der Waals surface area contributed by atoms with E-state index in [4.69, 9.17) is 4.42 Å². The van der Waals surface area contributed by atoms with Gasteiger partial charge >= 0.3 is 0 Å². The molecule has 0 spiro atoms. The van der Waals surface area contributed by atoms with Crippen LogP contribution in [0.4, 0.5) is 0 Å². The predicted molar refractivity (Wildman–Crippen MR) is 72.6 cm³/mol. The van der Waals surface area contributed by atoms with Gasteiger partial charge in [0.05, 0.1) is 22.5 Å². The summed E-state index contributed by atoms with van der Waals surface area (Å²) in [5, 5.41) is 3.22. The third kappa shape index (κ3) is 3.81.